The van der Waals surface area contributed by atoms with Gasteiger partial charge in [-0.1, -0.05) is 17.7 Å². The summed E-state index contributed by atoms with van der Waals surface area (Å²) >= 11 is 10.5. The van der Waals surface area contributed by atoms with Crippen LogP contribution < -0.4 is 0 Å². The number of alkyl halides is 5. The third kappa shape index (κ3) is 7.21. The van der Waals surface area contributed by atoms with Crippen LogP contribution in [0.25, 0.3) is 0 Å². The van der Waals surface area contributed by atoms with Crippen molar-refractivity contribution in [2.75, 3.05) is 12.6 Å². The lowest BCUT2D eigenvalue weighted by atomic mass is 10.1. The molecule has 0 fully saturated rings. The summed E-state index contributed by atoms with van der Waals surface area (Å²) in [6.45, 7) is -0.987. The summed E-state index contributed by atoms with van der Waals surface area (Å²) < 4.78 is 47.7. The summed E-state index contributed by atoms with van der Waals surface area (Å²) in [6, 6.07) is 0. The molecule has 0 bridgehead atoms. The molecule has 0 aromatic heterocycles. The van der Waals surface area contributed by atoms with E-state index in [9.17, 15) is 17.6 Å². The highest BCUT2D eigenvalue weighted by Gasteiger charge is 2.28. The van der Waals surface area contributed by atoms with Crippen LogP contribution in [0, 0.1) is 0 Å². The Kier molecular flexibility index (Phi) is 6.20. The van der Waals surface area contributed by atoms with Crippen LogP contribution in [0.2, 0.25) is 0 Å². The number of hydrogen-bond acceptors (Lipinski definition) is 0. The Bertz CT molecular complexity index is 230. The molecule has 0 aliphatic rings. The SMILES string of the molecule is FC/C(Cl)=C\C(=C/CCl)CC(F)(F)F. The summed E-state index contributed by atoms with van der Waals surface area (Å²) in [7, 11) is 0. The van der Waals surface area contributed by atoms with Crippen molar-refractivity contribution in [2.24, 2.45) is 0 Å². The van der Waals surface area contributed by atoms with Gasteiger partial charge in [-0.2, -0.15) is 13.2 Å². The van der Waals surface area contributed by atoms with E-state index < -0.39 is 19.3 Å². The Balaban J connectivity index is 4.55. The highest BCUT2D eigenvalue weighted by Crippen LogP contribution is 2.26. The summed E-state index contributed by atoms with van der Waals surface area (Å²) in [6.07, 6.45) is -3.41. The first-order valence-electron chi connectivity index (χ1n) is 3.63. The van der Waals surface area contributed by atoms with Crippen molar-refractivity contribution >= 4 is 23.2 Å². The molecular weight excluding hydrogens is 243 g/mol. The minimum absolute atomic E-state index is 0.0711. The third-order valence-electron chi connectivity index (χ3n) is 1.21. The van der Waals surface area contributed by atoms with Crippen molar-refractivity contribution in [2.45, 2.75) is 12.6 Å². The fourth-order valence-corrected chi connectivity index (χ4v) is 1.09. The molecule has 0 saturated carbocycles. The quantitative estimate of drug-likeness (QED) is 0.399. The number of halogens is 6. The second kappa shape index (κ2) is 6.30. The standard InChI is InChI=1S/C8H8Cl2F4/c9-2-1-6(3-7(10)5-11)4-8(12,13)14/h1,3H,2,4-5H2/b6-1+,7-3+. The van der Waals surface area contributed by atoms with Gasteiger partial charge in [0.15, 0.2) is 0 Å². The molecule has 0 aromatic carbocycles. The molecular formula is C8H8Cl2F4. The van der Waals surface area contributed by atoms with Crippen LogP contribution in [0.4, 0.5) is 17.6 Å². The monoisotopic (exact) mass is 250 g/mol. The molecule has 0 amide bonds. The van der Waals surface area contributed by atoms with Gasteiger partial charge in [-0.15, -0.1) is 11.6 Å². The predicted octanol–water partition coefficient (Wildman–Crippen LogP) is 4.20. The molecule has 0 aliphatic carbocycles. The van der Waals surface area contributed by atoms with E-state index >= 15 is 0 Å². The van der Waals surface area contributed by atoms with Gasteiger partial charge in [0.05, 0.1) is 6.42 Å². The maximum Gasteiger partial charge on any atom is 0.393 e. The molecule has 6 heteroatoms. The minimum atomic E-state index is -4.35. The fourth-order valence-electron chi connectivity index (χ4n) is 0.752. The Labute approximate surface area is 89.2 Å². The van der Waals surface area contributed by atoms with E-state index in [0.717, 1.165) is 12.2 Å². The molecule has 0 atom stereocenters. The van der Waals surface area contributed by atoms with Gasteiger partial charge in [-0.05, 0) is 11.6 Å². The van der Waals surface area contributed by atoms with Crippen LogP contribution in [0.3, 0.4) is 0 Å². The van der Waals surface area contributed by atoms with Gasteiger partial charge in [-0.3, -0.25) is 0 Å². The van der Waals surface area contributed by atoms with E-state index in [1.165, 1.54) is 0 Å². The molecule has 0 nitrogen and oxygen atoms in total. The molecule has 0 rings (SSSR count). The van der Waals surface area contributed by atoms with E-state index in [1.807, 2.05) is 0 Å². The molecule has 0 spiro atoms. The molecule has 0 radical (unpaired) electrons. The second-order valence-electron chi connectivity index (χ2n) is 2.45. The maximum atomic E-state index is 11.9. The lowest BCUT2D eigenvalue weighted by molar-refractivity contribution is -0.126. The van der Waals surface area contributed by atoms with E-state index in [2.05, 4.69) is 0 Å². The van der Waals surface area contributed by atoms with Crippen molar-refractivity contribution < 1.29 is 17.6 Å². The fraction of sp³-hybridized carbons (Fsp3) is 0.500. The van der Waals surface area contributed by atoms with Crippen LogP contribution in [-0.4, -0.2) is 18.7 Å². The average Bonchev–Trinajstić information content (AvgIpc) is 2.01. The molecule has 0 N–H and O–H groups in total. The first-order valence-corrected chi connectivity index (χ1v) is 4.54. The van der Waals surface area contributed by atoms with Crippen molar-refractivity contribution in [3.05, 3.63) is 22.8 Å². The van der Waals surface area contributed by atoms with Crippen molar-refractivity contribution in [1.82, 2.24) is 0 Å². The Morgan fingerprint density at radius 3 is 2.21 bits per heavy atom. The zero-order valence-corrected chi connectivity index (χ0v) is 8.56. The predicted molar refractivity (Wildman–Crippen MR) is 49.4 cm³/mol. The highest BCUT2D eigenvalue weighted by molar-refractivity contribution is 6.29. The molecule has 0 aromatic rings. The van der Waals surface area contributed by atoms with E-state index in [0.29, 0.717) is 0 Å². The third-order valence-corrected chi connectivity index (χ3v) is 1.58. The number of allylic oxidation sites excluding steroid dienone is 4. The zero-order valence-electron chi connectivity index (χ0n) is 7.04. The maximum absolute atomic E-state index is 11.9. The van der Waals surface area contributed by atoms with Crippen LogP contribution in [-0.2, 0) is 0 Å². The largest absolute Gasteiger partial charge is 0.393 e. The molecule has 0 heterocycles. The van der Waals surface area contributed by atoms with Crippen LogP contribution in [0.5, 0.6) is 0 Å². The van der Waals surface area contributed by atoms with E-state index in [-0.39, 0.29) is 16.5 Å². The zero-order chi connectivity index (χ0) is 11.2. The Hall–Kier alpha value is -0.220. The summed E-state index contributed by atoms with van der Waals surface area (Å²) in [5, 5.41) is -0.273. The number of rotatable bonds is 4. The molecule has 82 valence electrons. The molecule has 0 saturated heterocycles. The lowest BCUT2D eigenvalue weighted by Crippen LogP contribution is -2.08. The van der Waals surface area contributed by atoms with Gasteiger partial charge in [-0.25, -0.2) is 4.39 Å². The normalized spacial score (nSPS) is 14.7. The van der Waals surface area contributed by atoms with Crippen molar-refractivity contribution in [3.8, 4) is 0 Å². The average molecular weight is 251 g/mol. The minimum Gasteiger partial charge on any atom is -0.245 e. The highest BCUT2D eigenvalue weighted by atomic mass is 35.5. The molecule has 0 aliphatic heterocycles. The van der Waals surface area contributed by atoms with Crippen LogP contribution in [0.15, 0.2) is 22.8 Å². The molecule has 0 unspecified atom stereocenters. The van der Waals surface area contributed by atoms with Crippen LogP contribution in [0.1, 0.15) is 6.42 Å². The first kappa shape index (κ1) is 13.8. The summed E-state index contributed by atoms with van der Waals surface area (Å²) in [5.41, 5.74) is -0.129. The summed E-state index contributed by atoms with van der Waals surface area (Å²) in [5.74, 6) is -0.0711. The first-order chi connectivity index (χ1) is 6.39. The van der Waals surface area contributed by atoms with Gasteiger partial charge in [0.25, 0.3) is 0 Å². The molecule has 14 heavy (non-hydrogen) atoms. The number of hydrogen-bond donors (Lipinski definition) is 0. The van der Waals surface area contributed by atoms with Gasteiger partial charge in [0.1, 0.15) is 6.67 Å². The smallest absolute Gasteiger partial charge is 0.245 e. The van der Waals surface area contributed by atoms with Gasteiger partial charge < -0.3 is 0 Å². The van der Waals surface area contributed by atoms with E-state index in [4.69, 9.17) is 23.2 Å². The van der Waals surface area contributed by atoms with Crippen molar-refractivity contribution in [1.29, 1.82) is 0 Å². The topological polar surface area (TPSA) is 0 Å². The summed E-state index contributed by atoms with van der Waals surface area (Å²) in [4.78, 5) is 0. The lowest BCUT2D eigenvalue weighted by Gasteiger charge is -2.06. The Morgan fingerprint density at radius 2 is 1.86 bits per heavy atom. The van der Waals surface area contributed by atoms with Crippen molar-refractivity contribution in [3.63, 3.8) is 0 Å². The van der Waals surface area contributed by atoms with E-state index in [1.54, 1.807) is 0 Å². The van der Waals surface area contributed by atoms with Gasteiger partial charge in [0, 0.05) is 10.9 Å². The second-order valence-corrected chi connectivity index (χ2v) is 3.24. The van der Waals surface area contributed by atoms with Gasteiger partial charge >= 0.3 is 6.18 Å². The Morgan fingerprint density at radius 1 is 1.29 bits per heavy atom. The van der Waals surface area contributed by atoms with Gasteiger partial charge in [0.2, 0.25) is 0 Å². The van der Waals surface area contributed by atoms with Crippen LogP contribution >= 0.6 is 23.2 Å².